The maximum Gasteiger partial charge on any atom is 0.133 e. The van der Waals surface area contributed by atoms with E-state index in [-0.39, 0.29) is 0 Å². The molecule has 0 aromatic carbocycles. The van der Waals surface area contributed by atoms with Crippen LogP contribution in [0.5, 0.6) is 0 Å². The first kappa shape index (κ1) is 12.9. The third-order valence-electron chi connectivity index (χ3n) is 4.46. The van der Waals surface area contributed by atoms with Crippen LogP contribution in [-0.4, -0.2) is 36.1 Å². The summed E-state index contributed by atoms with van der Waals surface area (Å²) in [7, 11) is 0. The highest BCUT2D eigenvalue weighted by atomic mass is 15.2. The van der Waals surface area contributed by atoms with Crippen molar-refractivity contribution < 1.29 is 0 Å². The van der Waals surface area contributed by atoms with Gasteiger partial charge in [-0.3, -0.25) is 4.90 Å². The Bertz CT molecular complexity index is 412. The molecule has 104 valence electrons. The van der Waals surface area contributed by atoms with Crippen LogP contribution in [0.4, 0.5) is 5.82 Å². The molecule has 0 bridgehead atoms. The van der Waals surface area contributed by atoms with Gasteiger partial charge in [0.05, 0.1) is 0 Å². The highest BCUT2D eigenvalue weighted by Gasteiger charge is 2.29. The van der Waals surface area contributed by atoms with Gasteiger partial charge in [0.25, 0.3) is 0 Å². The first-order valence-electron chi connectivity index (χ1n) is 7.84. The first-order valence-corrected chi connectivity index (χ1v) is 7.84. The number of hydrogen-bond donors (Lipinski definition) is 0. The summed E-state index contributed by atoms with van der Waals surface area (Å²) in [5, 5.41) is 0. The number of likely N-dealkylation sites (tertiary alicyclic amines) is 1. The number of nitrogens with zero attached hydrogens (tertiary/aromatic N) is 3. The SMILES string of the molecule is CCCN1CCC[C@@H]1c1cccnc1N1CCCC1. The molecule has 3 heteroatoms. The minimum atomic E-state index is 0.601. The standard InChI is InChI=1S/C16H25N3/c1-2-10-18-13-6-8-15(18)14-7-5-9-17-16(14)19-11-3-4-12-19/h5,7,9,15H,2-4,6,8,10-13H2,1H3/t15-/m1/s1. The van der Waals surface area contributed by atoms with Crippen molar-refractivity contribution in [2.45, 2.75) is 45.1 Å². The number of rotatable bonds is 4. The maximum absolute atomic E-state index is 4.70. The molecule has 0 saturated carbocycles. The van der Waals surface area contributed by atoms with Gasteiger partial charge in [-0.2, -0.15) is 0 Å². The normalized spacial score (nSPS) is 24.3. The highest BCUT2D eigenvalue weighted by molar-refractivity contribution is 5.49. The Morgan fingerprint density at radius 2 is 2.05 bits per heavy atom. The molecule has 2 saturated heterocycles. The van der Waals surface area contributed by atoms with Crippen molar-refractivity contribution in [3.05, 3.63) is 23.9 Å². The van der Waals surface area contributed by atoms with E-state index in [2.05, 4.69) is 28.9 Å². The summed E-state index contributed by atoms with van der Waals surface area (Å²) < 4.78 is 0. The average Bonchev–Trinajstić information content (AvgIpc) is 3.10. The van der Waals surface area contributed by atoms with Crippen molar-refractivity contribution in [3.8, 4) is 0 Å². The molecule has 3 rings (SSSR count). The monoisotopic (exact) mass is 259 g/mol. The lowest BCUT2D eigenvalue weighted by molar-refractivity contribution is 0.258. The molecule has 2 aliphatic rings. The van der Waals surface area contributed by atoms with E-state index in [9.17, 15) is 0 Å². The fraction of sp³-hybridized carbons (Fsp3) is 0.688. The van der Waals surface area contributed by atoms with Gasteiger partial charge in [-0.1, -0.05) is 13.0 Å². The highest BCUT2D eigenvalue weighted by Crippen LogP contribution is 2.36. The van der Waals surface area contributed by atoms with Crippen LogP contribution < -0.4 is 4.90 Å². The average molecular weight is 259 g/mol. The zero-order valence-corrected chi connectivity index (χ0v) is 12.0. The summed E-state index contributed by atoms with van der Waals surface area (Å²) in [6.45, 7) is 7.13. The number of aromatic nitrogens is 1. The molecule has 3 nitrogen and oxygen atoms in total. The number of anilines is 1. The third-order valence-corrected chi connectivity index (χ3v) is 4.46. The smallest absolute Gasteiger partial charge is 0.133 e. The van der Waals surface area contributed by atoms with Gasteiger partial charge in [0.15, 0.2) is 0 Å². The summed E-state index contributed by atoms with van der Waals surface area (Å²) in [5.41, 5.74) is 1.47. The summed E-state index contributed by atoms with van der Waals surface area (Å²) in [5.74, 6) is 1.26. The summed E-state index contributed by atoms with van der Waals surface area (Å²) in [6.07, 6.45) is 8.47. The Balaban J connectivity index is 1.86. The third kappa shape index (κ3) is 2.62. The van der Waals surface area contributed by atoms with Gasteiger partial charge in [-0.15, -0.1) is 0 Å². The minimum Gasteiger partial charge on any atom is -0.356 e. The van der Waals surface area contributed by atoms with Gasteiger partial charge in [0.2, 0.25) is 0 Å². The quantitative estimate of drug-likeness (QED) is 0.827. The van der Waals surface area contributed by atoms with E-state index < -0.39 is 0 Å². The van der Waals surface area contributed by atoms with Crippen LogP contribution in [0.2, 0.25) is 0 Å². The molecule has 1 atom stereocenters. The second-order valence-corrected chi connectivity index (χ2v) is 5.80. The zero-order chi connectivity index (χ0) is 13.1. The van der Waals surface area contributed by atoms with Crippen molar-refractivity contribution in [2.24, 2.45) is 0 Å². The van der Waals surface area contributed by atoms with Crippen LogP contribution in [0.15, 0.2) is 18.3 Å². The Hall–Kier alpha value is -1.09. The Morgan fingerprint density at radius 3 is 2.84 bits per heavy atom. The van der Waals surface area contributed by atoms with E-state index >= 15 is 0 Å². The van der Waals surface area contributed by atoms with E-state index in [4.69, 9.17) is 4.98 Å². The van der Waals surface area contributed by atoms with E-state index in [0.717, 1.165) is 0 Å². The van der Waals surface area contributed by atoms with Crippen molar-refractivity contribution in [3.63, 3.8) is 0 Å². The van der Waals surface area contributed by atoms with Crippen LogP contribution in [0.1, 0.15) is 50.6 Å². The fourth-order valence-corrected chi connectivity index (χ4v) is 3.60. The second kappa shape index (κ2) is 5.91. The molecule has 0 spiro atoms. The molecule has 2 aliphatic heterocycles. The Morgan fingerprint density at radius 1 is 1.21 bits per heavy atom. The molecule has 1 aromatic heterocycles. The van der Waals surface area contributed by atoms with Crippen LogP contribution in [0, 0.1) is 0 Å². The Labute approximate surface area is 116 Å². The summed E-state index contributed by atoms with van der Waals surface area (Å²) in [4.78, 5) is 9.83. The van der Waals surface area contributed by atoms with Crippen LogP contribution in [-0.2, 0) is 0 Å². The molecule has 0 amide bonds. The predicted molar refractivity (Wildman–Crippen MR) is 79.5 cm³/mol. The van der Waals surface area contributed by atoms with Crippen molar-refractivity contribution in [1.82, 2.24) is 9.88 Å². The molecule has 1 aromatic rings. The molecule has 3 heterocycles. The summed E-state index contributed by atoms with van der Waals surface area (Å²) in [6, 6.07) is 5.01. The van der Waals surface area contributed by atoms with Gasteiger partial charge in [0, 0.05) is 30.9 Å². The second-order valence-electron chi connectivity index (χ2n) is 5.80. The van der Waals surface area contributed by atoms with Gasteiger partial charge >= 0.3 is 0 Å². The van der Waals surface area contributed by atoms with Crippen LogP contribution in [0.25, 0.3) is 0 Å². The molecule has 0 radical (unpaired) electrons. The minimum absolute atomic E-state index is 0.601. The molecular formula is C16H25N3. The van der Waals surface area contributed by atoms with Crippen molar-refractivity contribution >= 4 is 5.82 Å². The van der Waals surface area contributed by atoms with Crippen LogP contribution >= 0.6 is 0 Å². The van der Waals surface area contributed by atoms with Crippen LogP contribution in [0.3, 0.4) is 0 Å². The Kier molecular flexibility index (Phi) is 4.02. The topological polar surface area (TPSA) is 19.4 Å². The molecular weight excluding hydrogens is 234 g/mol. The van der Waals surface area contributed by atoms with Gasteiger partial charge in [-0.25, -0.2) is 4.98 Å². The van der Waals surface area contributed by atoms with Gasteiger partial charge in [0.1, 0.15) is 5.82 Å². The maximum atomic E-state index is 4.70. The fourth-order valence-electron chi connectivity index (χ4n) is 3.60. The predicted octanol–water partition coefficient (Wildman–Crippen LogP) is 3.23. The molecule has 0 aliphatic carbocycles. The van der Waals surface area contributed by atoms with E-state index in [1.807, 2.05) is 6.20 Å². The molecule has 0 unspecified atom stereocenters. The lowest BCUT2D eigenvalue weighted by atomic mass is 10.0. The van der Waals surface area contributed by atoms with Crippen molar-refractivity contribution in [2.75, 3.05) is 31.1 Å². The molecule has 2 fully saturated rings. The van der Waals surface area contributed by atoms with Gasteiger partial charge < -0.3 is 4.90 Å². The lowest BCUT2D eigenvalue weighted by Crippen LogP contribution is -2.27. The zero-order valence-electron chi connectivity index (χ0n) is 12.0. The van der Waals surface area contributed by atoms with E-state index in [1.165, 1.54) is 69.7 Å². The number of pyridine rings is 1. The summed E-state index contributed by atoms with van der Waals surface area (Å²) >= 11 is 0. The molecule has 19 heavy (non-hydrogen) atoms. The van der Waals surface area contributed by atoms with E-state index in [1.54, 1.807) is 0 Å². The van der Waals surface area contributed by atoms with E-state index in [0.29, 0.717) is 6.04 Å². The molecule has 0 N–H and O–H groups in total. The number of hydrogen-bond acceptors (Lipinski definition) is 3. The first-order chi connectivity index (χ1) is 9.40. The largest absolute Gasteiger partial charge is 0.356 e. The lowest BCUT2D eigenvalue weighted by Gasteiger charge is -2.28. The van der Waals surface area contributed by atoms with Gasteiger partial charge in [-0.05, 0) is 51.3 Å². The van der Waals surface area contributed by atoms with Crippen molar-refractivity contribution in [1.29, 1.82) is 0 Å².